The lowest BCUT2D eigenvalue weighted by molar-refractivity contribution is 0.0734. The van der Waals surface area contributed by atoms with Gasteiger partial charge in [-0.1, -0.05) is 24.3 Å². The highest BCUT2D eigenvalue weighted by Crippen LogP contribution is 2.25. The number of fused-ring (bicyclic) bond motifs is 1. The van der Waals surface area contributed by atoms with Crippen LogP contribution in [0.4, 0.5) is 0 Å². The lowest BCUT2D eigenvalue weighted by Crippen LogP contribution is -2.37. The molecule has 1 aliphatic rings. The third kappa shape index (κ3) is 4.10. The Morgan fingerprint density at radius 2 is 2.00 bits per heavy atom. The molecule has 8 heteroatoms. The number of hydrogen-bond donors (Lipinski definition) is 1. The predicted molar refractivity (Wildman–Crippen MR) is 112 cm³/mol. The third-order valence-corrected chi connectivity index (χ3v) is 7.90. The molecule has 29 heavy (non-hydrogen) atoms. The molecule has 0 saturated carbocycles. The fourth-order valence-electron chi connectivity index (χ4n) is 3.55. The first kappa shape index (κ1) is 19.8. The number of thiophene rings is 1. The van der Waals surface area contributed by atoms with Gasteiger partial charge in [0.15, 0.2) is 0 Å². The second-order valence-corrected chi connectivity index (χ2v) is 9.87. The van der Waals surface area contributed by atoms with Crippen LogP contribution in [0.25, 0.3) is 0 Å². The van der Waals surface area contributed by atoms with E-state index in [2.05, 4.69) is 9.71 Å². The smallest absolute Gasteiger partial charge is 0.254 e. The maximum atomic E-state index is 12.8. The molecule has 6 nitrogen and oxygen atoms in total. The maximum absolute atomic E-state index is 12.8. The number of rotatable bonds is 5. The van der Waals surface area contributed by atoms with Crippen molar-refractivity contribution in [3.8, 4) is 0 Å². The number of aromatic nitrogens is 1. The quantitative estimate of drug-likeness (QED) is 0.679. The normalized spacial score (nSPS) is 13.9. The van der Waals surface area contributed by atoms with Crippen molar-refractivity contribution >= 4 is 27.3 Å². The number of benzene rings is 1. The Morgan fingerprint density at radius 1 is 1.21 bits per heavy atom. The Morgan fingerprint density at radius 3 is 2.72 bits per heavy atom. The van der Waals surface area contributed by atoms with Crippen molar-refractivity contribution in [1.29, 1.82) is 0 Å². The molecule has 0 bridgehead atoms. The summed E-state index contributed by atoms with van der Waals surface area (Å²) >= 11 is 1.19. The van der Waals surface area contributed by atoms with Crippen molar-refractivity contribution in [1.82, 2.24) is 14.6 Å². The van der Waals surface area contributed by atoms with Crippen molar-refractivity contribution in [3.63, 3.8) is 0 Å². The molecule has 0 fully saturated rings. The molecule has 1 aromatic carbocycles. The standard InChI is InChI=1S/C21H21N3O3S2/c1-15-19(13-23-29(26,27)20-8-5-11-28-20)18-9-10-24(14-17(18)12-22-15)21(25)16-6-3-2-4-7-16/h2-8,11-12,23H,9-10,13-14H2,1H3. The summed E-state index contributed by atoms with van der Waals surface area (Å²) in [5, 5.41) is 1.74. The Kier molecular flexibility index (Phi) is 5.49. The maximum Gasteiger partial charge on any atom is 0.254 e. The van der Waals surface area contributed by atoms with Gasteiger partial charge >= 0.3 is 0 Å². The van der Waals surface area contributed by atoms with Crippen LogP contribution >= 0.6 is 11.3 Å². The number of amides is 1. The van der Waals surface area contributed by atoms with E-state index in [0.29, 0.717) is 29.3 Å². The summed E-state index contributed by atoms with van der Waals surface area (Å²) in [6.07, 6.45) is 2.47. The van der Waals surface area contributed by atoms with E-state index >= 15 is 0 Å². The minimum atomic E-state index is -3.54. The summed E-state index contributed by atoms with van der Waals surface area (Å²) in [7, 11) is -3.54. The largest absolute Gasteiger partial charge is 0.334 e. The molecule has 1 aliphatic heterocycles. The van der Waals surface area contributed by atoms with E-state index < -0.39 is 10.0 Å². The van der Waals surface area contributed by atoms with Crippen molar-refractivity contribution in [2.24, 2.45) is 0 Å². The van der Waals surface area contributed by atoms with E-state index in [1.165, 1.54) is 11.3 Å². The summed E-state index contributed by atoms with van der Waals surface area (Å²) in [6, 6.07) is 12.5. The van der Waals surface area contributed by atoms with Crippen LogP contribution in [0.3, 0.4) is 0 Å². The monoisotopic (exact) mass is 427 g/mol. The van der Waals surface area contributed by atoms with E-state index in [9.17, 15) is 13.2 Å². The zero-order valence-corrected chi connectivity index (χ0v) is 17.6. The van der Waals surface area contributed by atoms with Crippen LogP contribution in [0.1, 0.15) is 32.7 Å². The zero-order valence-electron chi connectivity index (χ0n) is 16.0. The van der Waals surface area contributed by atoms with Crippen LogP contribution in [0.15, 0.2) is 58.3 Å². The third-order valence-electron chi connectivity index (χ3n) is 5.10. The van der Waals surface area contributed by atoms with Crippen molar-refractivity contribution in [2.45, 2.75) is 30.6 Å². The molecule has 0 aliphatic carbocycles. The first-order valence-corrected chi connectivity index (χ1v) is 11.7. The summed E-state index contributed by atoms with van der Waals surface area (Å²) < 4.78 is 27.9. The minimum Gasteiger partial charge on any atom is -0.334 e. The molecule has 0 unspecified atom stereocenters. The second kappa shape index (κ2) is 8.06. The summed E-state index contributed by atoms with van der Waals surface area (Å²) in [5.74, 6) is -0.00299. The fraction of sp³-hybridized carbons (Fsp3) is 0.238. The molecule has 2 aromatic heterocycles. The van der Waals surface area contributed by atoms with Crippen LogP contribution in [0.2, 0.25) is 0 Å². The lowest BCUT2D eigenvalue weighted by atomic mass is 9.94. The number of nitrogens with one attached hydrogen (secondary N) is 1. The first-order chi connectivity index (χ1) is 14.0. The van der Waals surface area contributed by atoms with Gasteiger partial charge in [-0.05, 0) is 53.6 Å². The van der Waals surface area contributed by atoms with E-state index in [0.717, 1.165) is 22.4 Å². The molecule has 1 N–H and O–H groups in total. The number of hydrogen-bond acceptors (Lipinski definition) is 5. The average molecular weight is 428 g/mol. The number of carbonyl (C=O) groups is 1. The summed E-state index contributed by atoms with van der Waals surface area (Å²) in [5.41, 5.74) is 4.43. The fourth-order valence-corrected chi connectivity index (χ4v) is 5.58. The molecular formula is C21H21N3O3S2. The van der Waals surface area contributed by atoms with E-state index in [1.54, 1.807) is 23.7 Å². The summed E-state index contributed by atoms with van der Waals surface area (Å²) in [6.45, 7) is 3.14. The van der Waals surface area contributed by atoms with E-state index in [4.69, 9.17) is 0 Å². The van der Waals surface area contributed by atoms with Gasteiger partial charge in [0.1, 0.15) is 4.21 Å². The number of aryl methyl sites for hydroxylation is 1. The Labute approximate surface area is 174 Å². The van der Waals surface area contributed by atoms with Gasteiger partial charge < -0.3 is 4.90 Å². The second-order valence-electron chi connectivity index (χ2n) is 6.93. The van der Waals surface area contributed by atoms with Gasteiger partial charge in [-0.3, -0.25) is 9.78 Å². The van der Waals surface area contributed by atoms with Gasteiger partial charge in [-0.2, -0.15) is 0 Å². The Hall–Kier alpha value is -2.55. The van der Waals surface area contributed by atoms with Crippen LogP contribution in [-0.4, -0.2) is 30.8 Å². The van der Waals surface area contributed by atoms with Gasteiger partial charge in [0.05, 0.1) is 0 Å². The van der Waals surface area contributed by atoms with Crippen molar-refractivity contribution in [3.05, 3.63) is 82.0 Å². The molecule has 0 spiro atoms. The number of sulfonamides is 1. The molecule has 0 saturated heterocycles. The van der Waals surface area contributed by atoms with Gasteiger partial charge in [0, 0.05) is 37.1 Å². The minimum absolute atomic E-state index is 0.00299. The predicted octanol–water partition coefficient (Wildman–Crippen LogP) is 3.13. The summed E-state index contributed by atoms with van der Waals surface area (Å²) in [4.78, 5) is 19.0. The molecule has 3 aromatic rings. The zero-order chi connectivity index (χ0) is 20.4. The molecule has 150 valence electrons. The molecule has 0 atom stereocenters. The highest BCUT2D eigenvalue weighted by atomic mass is 32.2. The lowest BCUT2D eigenvalue weighted by Gasteiger charge is -2.30. The van der Waals surface area contributed by atoms with Crippen LogP contribution < -0.4 is 4.72 Å². The Balaban J connectivity index is 1.54. The van der Waals surface area contributed by atoms with E-state index in [-0.39, 0.29) is 12.5 Å². The molecular weight excluding hydrogens is 406 g/mol. The number of nitrogens with zero attached hydrogens (tertiary/aromatic N) is 2. The highest BCUT2D eigenvalue weighted by molar-refractivity contribution is 7.91. The highest BCUT2D eigenvalue weighted by Gasteiger charge is 2.25. The average Bonchev–Trinajstić information content (AvgIpc) is 3.29. The van der Waals surface area contributed by atoms with Crippen molar-refractivity contribution in [2.75, 3.05) is 6.54 Å². The Bertz CT molecular complexity index is 1130. The van der Waals surface area contributed by atoms with Gasteiger partial charge in [0.2, 0.25) is 10.0 Å². The van der Waals surface area contributed by atoms with Gasteiger partial charge in [-0.25, -0.2) is 13.1 Å². The van der Waals surface area contributed by atoms with Crippen LogP contribution in [0, 0.1) is 6.92 Å². The van der Waals surface area contributed by atoms with Crippen molar-refractivity contribution < 1.29 is 13.2 Å². The molecule has 4 rings (SSSR count). The van der Waals surface area contributed by atoms with E-state index in [1.807, 2.05) is 42.2 Å². The van der Waals surface area contributed by atoms with Crippen LogP contribution in [0.5, 0.6) is 0 Å². The SMILES string of the molecule is Cc1ncc2c(c1CNS(=O)(=O)c1cccs1)CCN(C(=O)c1ccccc1)C2. The van der Waals surface area contributed by atoms with Gasteiger partial charge in [0.25, 0.3) is 5.91 Å². The van der Waals surface area contributed by atoms with Crippen LogP contribution in [-0.2, 0) is 29.5 Å². The topological polar surface area (TPSA) is 79.4 Å². The number of carbonyl (C=O) groups excluding carboxylic acids is 1. The van der Waals surface area contributed by atoms with Gasteiger partial charge in [-0.15, -0.1) is 11.3 Å². The molecule has 3 heterocycles. The number of pyridine rings is 1. The first-order valence-electron chi connectivity index (χ1n) is 9.29. The molecule has 1 amide bonds. The molecule has 0 radical (unpaired) electrons.